The van der Waals surface area contributed by atoms with Crippen molar-refractivity contribution >= 4 is 17.7 Å². The van der Waals surface area contributed by atoms with Gasteiger partial charge in [0, 0.05) is 0 Å². The van der Waals surface area contributed by atoms with Crippen LogP contribution in [-0.2, 0) is 4.79 Å². The minimum absolute atomic E-state index is 0.100. The Morgan fingerprint density at radius 2 is 2.28 bits per heavy atom. The molecule has 94 valence electrons. The quantitative estimate of drug-likeness (QED) is 0.727. The molecule has 0 atom stereocenters. The van der Waals surface area contributed by atoms with E-state index in [0.29, 0.717) is 16.5 Å². The van der Waals surface area contributed by atoms with Gasteiger partial charge < -0.3 is 10.2 Å². The van der Waals surface area contributed by atoms with Crippen molar-refractivity contribution < 1.29 is 15.0 Å². The lowest BCUT2D eigenvalue weighted by atomic mass is 10.1. The van der Waals surface area contributed by atoms with Crippen molar-refractivity contribution in [1.29, 1.82) is 0 Å². The Balaban J connectivity index is 2.21. The first-order chi connectivity index (χ1) is 8.56. The lowest BCUT2D eigenvalue weighted by Crippen LogP contribution is -1.97. The maximum atomic E-state index is 10.4. The number of nitrogens with one attached hydrogen (secondary N) is 1. The van der Waals surface area contributed by atoms with E-state index in [2.05, 4.69) is 15.2 Å². The first-order valence-electron chi connectivity index (χ1n) is 5.13. The number of carboxylic acid groups (broad SMARTS) is 1. The first-order valence-corrected chi connectivity index (χ1v) is 6.12. The van der Waals surface area contributed by atoms with Crippen LogP contribution in [0.4, 0.5) is 0 Å². The van der Waals surface area contributed by atoms with Crippen LogP contribution in [0.2, 0.25) is 0 Å². The molecular weight excluding hydrogens is 254 g/mol. The van der Waals surface area contributed by atoms with Crippen molar-refractivity contribution in [3.63, 3.8) is 0 Å². The van der Waals surface area contributed by atoms with Crippen LogP contribution in [0.5, 0.6) is 5.75 Å². The number of phenols is 1. The first kappa shape index (κ1) is 12.4. The zero-order chi connectivity index (χ0) is 13.1. The van der Waals surface area contributed by atoms with Crippen molar-refractivity contribution in [3.8, 4) is 17.1 Å². The van der Waals surface area contributed by atoms with Crippen molar-refractivity contribution in [3.05, 3.63) is 23.8 Å². The van der Waals surface area contributed by atoms with Gasteiger partial charge in [-0.3, -0.25) is 9.89 Å². The molecule has 2 rings (SSSR count). The molecule has 0 aliphatic heterocycles. The number of carbonyl (C=O) groups is 1. The van der Waals surface area contributed by atoms with Crippen LogP contribution in [0.3, 0.4) is 0 Å². The van der Waals surface area contributed by atoms with Gasteiger partial charge in [-0.1, -0.05) is 17.8 Å². The number of carboxylic acids is 1. The Morgan fingerprint density at radius 3 is 2.94 bits per heavy atom. The molecule has 1 aromatic heterocycles. The van der Waals surface area contributed by atoms with Gasteiger partial charge >= 0.3 is 5.97 Å². The molecule has 6 nitrogen and oxygen atoms in total. The third kappa shape index (κ3) is 2.80. The Kier molecular flexibility index (Phi) is 3.52. The number of H-pyrrole nitrogens is 1. The topological polar surface area (TPSA) is 99.1 Å². The van der Waals surface area contributed by atoms with E-state index in [1.54, 1.807) is 12.1 Å². The van der Waals surface area contributed by atoms with Gasteiger partial charge in [-0.2, -0.15) is 0 Å². The number of phenolic OH excluding ortho intramolecular Hbond substituents is 1. The second-order valence-electron chi connectivity index (χ2n) is 3.67. The summed E-state index contributed by atoms with van der Waals surface area (Å²) in [6.45, 7) is 1.87. The predicted molar refractivity (Wildman–Crippen MR) is 66.6 cm³/mol. The summed E-state index contributed by atoms with van der Waals surface area (Å²) in [4.78, 5) is 14.5. The van der Waals surface area contributed by atoms with Crippen LogP contribution in [0, 0.1) is 6.92 Å². The number of hydrogen-bond donors (Lipinski definition) is 3. The summed E-state index contributed by atoms with van der Waals surface area (Å²) in [5.41, 5.74) is 1.48. The van der Waals surface area contributed by atoms with E-state index >= 15 is 0 Å². The van der Waals surface area contributed by atoms with Gasteiger partial charge in [-0.15, -0.1) is 5.10 Å². The van der Waals surface area contributed by atoms with E-state index in [0.717, 1.165) is 17.3 Å². The van der Waals surface area contributed by atoms with E-state index in [9.17, 15) is 9.90 Å². The van der Waals surface area contributed by atoms with Crippen molar-refractivity contribution in [1.82, 2.24) is 15.2 Å². The molecule has 0 amide bonds. The zero-order valence-electron chi connectivity index (χ0n) is 9.54. The predicted octanol–water partition coefficient (Wildman–Crippen LogP) is 1.66. The Labute approximate surface area is 107 Å². The number of aromatic hydroxyl groups is 1. The molecular formula is C11H11N3O3S. The fourth-order valence-corrected chi connectivity index (χ4v) is 1.92. The smallest absolute Gasteiger partial charge is 0.313 e. The highest BCUT2D eigenvalue weighted by atomic mass is 32.2. The van der Waals surface area contributed by atoms with E-state index in [1.165, 1.54) is 0 Å². The molecule has 18 heavy (non-hydrogen) atoms. The maximum absolute atomic E-state index is 10.4. The molecule has 1 aromatic carbocycles. The Morgan fingerprint density at radius 1 is 1.50 bits per heavy atom. The standard InChI is InChI=1S/C11H11N3O3S/c1-6-2-3-7(8(15)4-6)10-12-11(14-13-10)18-5-9(16)17/h2-4,15H,5H2,1H3,(H,16,17)(H,12,13,14). The number of benzene rings is 1. The van der Waals surface area contributed by atoms with Gasteiger partial charge in [-0.25, -0.2) is 4.98 Å². The van der Waals surface area contributed by atoms with Gasteiger partial charge in [0.05, 0.1) is 11.3 Å². The number of thioether (sulfide) groups is 1. The lowest BCUT2D eigenvalue weighted by molar-refractivity contribution is -0.133. The molecule has 0 aliphatic rings. The molecule has 3 N–H and O–H groups in total. The molecule has 1 heterocycles. The van der Waals surface area contributed by atoms with Crippen LogP contribution in [0.1, 0.15) is 5.56 Å². The monoisotopic (exact) mass is 265 g/mol. The maximum Gasteiger partial charge on any atom is 0.313 e. The number of aliphatic carboxylic acids is 1. The van der Waals surface area contributed by atoms with Crippen LogP contribution in [-0.4, -0.2) is 37.1 Å². The average molecular weight is 265 g/mol. The summed E-state index contributed by atoms with van der Waals surface area (Å²) < 4.78 is 0. The second kappa shape index (κ2) is 5.09. The van der Waals surface area contributed by atoms with Crippen molar-refractivity contribution in [2.24, 2.45) is 0 Å². The molecule has 0 saturated carbocycles. The van der Waals surface area contributed by atoms with Crippen LogP contribution < -0.4 is 0 Å². The van der Waals surface area contributed by atoms with E-state index in [4.69, 9.17) is 5.11 Å². The fraction of sp³-hybridized carbons (Fsp3) is 0.182. The summed E-state index contributed by atoms with van der Waals surface area (Å²) >= 11 is 1.02. The number of aromatic nitrogens is 3. The number of nitrogens with zero attached hydrogens (tertiary/aromatic N) is 2. The van der Waals surface area contributed by atoms with Crippen LogP contribution >= 0.6 is 11.8 Å². The molecule has 0 aliphatic carbocycles. The van der Waals surface area contributed by atoms with E-state index in [-0.39, 0.29) is 11.5 Å². The van der Waals surface area contributed by atoms with Crippen LogP contribution in [0.25, 0.3) is 11.4 Å². The van der Waals surface area contributed by atoms with Gasteiger partial charge in [0.25, 0.3) is 0 Å². The summed E-state index contributed by atoms with van der Waals surface area (Å²) in [5, 5.41) is 25.2. The third-order valence-electron chi connectivity index (χ3n) is 2.20. The summed E-state index contributed by atoms with van der Waals surface area (Å²) in [5.74, 6) is -0.497. The number of rotatable bonds is 4. The molecule has 2 aromatic rings. The Hall–Kier alpha value is -2.02. The third-order valence-corrected chi connectivity index (χ3v) is 3.03. The summed E-state index contributed by atoms with van der Waals surface area (Å²) in [7, 11) is 0. The highest BCUT2D eigenvalue weighted by Gasteiger charge is 2.11. The normalized spacial score (nSPS) is 10.5. The summed E-state index contributed by atoms with van der Waals surface area (Å²) in [6, 6.07) is 5.21. The minimum atomic E-state index is -0.926. The molecule has 0 unspecified atom stereocenters. The minimum Gasteiger partial charge on any atom is -0.507 e. The van der Waals surface area contributed by atoms with Crippen molar-refractivity contribution in [2.45, 2.75) is 12.1 Å². The van der Waals surface area contributed by atoms with Gasteiger partial charge in [0.15, 0.2) is 5.82 Å². The molecule has 0 spiro atoms. The molecule has 0 radical (unpaired) electrons. The van der Waals surface area contributed by atoms with E-state index < -0.39 is 5.97 Å². The molecule has 0 bridgehead atoms. The van der Waals surface area contributed by atoms with Gasteiger partial charge in [0.1, 0.15) is 5.75 Å². The highest BCUT2D eigenvalue weighted by Crippen LogP contribution is 2.28. The van der Waals surface area contributed by atoms with Crippen molar-refractivity contribution in [2.75, 3.05) is 5.75 Å². The van der Waals surface area contributed by atoms with E-state index in [1.807, 2.05) is 13.0 Å². The van der Waals surface area contributed by atoms with Gasteiger partial charge in [0.2, 0.25) is 5.16 Å². The Bertz CT molecular complexity index is 583. The lowest BCUT2D eigenvalue weighted by Gasteiger charge is -2.01. The number of aromatic amines is 1. The second-order valence-corrected chi connectivity index (χ2v) is 4.61. The number of hydrogen-bond acceptors (Lipinski definition) is 5. The summed E-state index contributed by atoms with van der Waals surface area (Å²) in [6.07, 6.45) is 0. The molecule has 0 fully saturated rings. The average Bonchev–Trinajstić information content (AvgIpc) is 2.75. The highest BCUT2D eigenvalue weighted by molar-refractivity contribution is 7.99. The molecule has 0 saturated heterocycles. The van der Waals surface area contributed by atoms with Gasteiger partial charge in [-0.05, 0) is 24.6 Å². The zero-order valence-corrected chi connectivity index (χ0v) is 10.4. The van der Waals surface area contributed by atoms with Crippen LogP contribution in [0.15, 0.2) is 23.4 Å². The molecule has 7 heteroatoms. The SMILES string of the molecule is Cc1ccc(-c2nc(SCC(=O)O)n[nH]2)c(O)c1. The number of aryl methyl sites for hydroxylation is 1. The largest absolute Gasteiger partial charge is 0.507 e. The fourth-order valence-electron chi connectivity index (χ4n) is 1.40.